The predicted octanol–water partition coefficient (Wildman–Crippen LogP) is 6.84. The molecule has 2 aliphatic heterocycles. The van der Waals surface area contributed by atoms with Crippen molar-refractivity contribution >= 4 is 29.2 Å². The highest BCUT2D eigenvalue weighted by Crippen LogP contribution is 2.88. The summed E-state index contributed by atoms with van der Waals surface area (Å²) in [6, 6.07) is -0.656. The van der Waals surface area contributed by atoms with Crippen LogP contribution in [0.2, 0.25) is 0 Å². The smallest absolute Gasteiger partial charge is 0.285 e. The molecule has 2 N–H and O–H groups in total. The lowest BCUT2D eigenvalue weighted by Crippen LogP contribution is -2.58. The summed E-state index contributed by atoms with van der Waals surface area (Å²) in [7, 11) is 2.20. The first-order valence-electron chi connectivity index (χ1n) is 21.9. The third-order valence-corrected chi connectivity index (χ3v) is 16.8. The fraction of sp³-hybridized carbons (Fsp3) is 0.889. The Hall–Kier alpha value is -2.13. The number of amides is 2. The summed E-state index contributed by atoms with van der Waals surface area (Å²) in [4.78, 5) is 76.1. The average Bonchev–Trinajstić information content (AvgIpc) is 3.26. The summed E-state index contributed by atoms with van der Waals surface area (Å²) in [5.74, 6) is -1.83. The topological polar surface area (TPSA) is 121 Å². The molecule has 5 atom stereocenters. The summed E-state index contributed by atoms with van der Waals surface area (Å²) < 4.78 is 0. The van der Waals surface area contributed by atoms with Crippen molar-refractivity contribution in [1.82, 2.24) is 14.7 Å². The molecule has 0 aromatic heterocycles. The standard InChI is InChI=1S/C45H74N4O5/c1-41(2,3)35(25-34(50)23-33(31-16-10-9-11-17-31)27-48-21-20-47(8)42(4,5)28-48)40(54)49-29-45(43(6,7)44(45)18-13-19-44)26-36(49)37(51)24-32(38(52)39(46)53)22-30-14-12-15-30/h30-33,35-36H,9-29H2,1-8H3,(H2,46,53)/t32?,33-,35-,36+,45-/m1/s1. The van der Waals surface area contributed by atoms with Gasteiger partial charge >= 0.3 is 0 Å². The number of fused-ring (bicyclic) bond motifs is 1. The van der Waals surface area contributed by atoms with Crippen LogP contribution in [0, 0.1) is 51.2 Å². The van der Waals surface area contributed by atoms with Gasteiger partial charge in [0.05, 0.1) is 6.04 Å². The number of rotatable bonds is 15. The van der Waals surface area contributed by atoms with Crippen molar-refractivity contribution in [2.45, 2.75) is 163 Å². The molecule has 2 amide bonds. The van der Waals surface area contributed by atoms with Gasteiger partial charge in [-0.3, -0.25) is 33.8 Å². The minimum absolute atomic E-state index is 0.00171. The lowest BCUT2D eigenvalue weighted by Gasteiger charge is -2.47. The van der Waals surface area contributed by atoms with Gasteiger partial charge in [0.15, 0.2) is 5.78 Å². The average molecular weight is 751 g/mol. The van der Waals surface area contributed by atoms with Crippen LogP contribution in [0.25, 0.3) is 0 Å². The minimum Gasteiger partial charge on any atom is -0.363 e. The Labute approximate surface area is 326 Å². The minimum atomic E-state index is -0.978. The second-order valence-electron chi connectivity index (χ2n) is 21.5. The number of piperazine rings is 1. The number of likely N-dealkylation sites (tertiary alicyclic amines) is 1. The molecular weight excluding hydrogens is 677 g/mol. The molecule has 0 radical (unpaired) electrons. The largest absolute Gasteiger partial charge is 0.363 e. The Morgan fingerprint density at radius 3 is 1.98 bits per heavy atom. The normalized spacial score (nSPS) is 30.0. The van der Waals surface area contributed by atoms with E-state index in [0.717, 1.165) is 58.3 Å². The Kier molecular flexibility index (Phi) is 11.8. The van der Waals surface area contributed by atoms with Crippen molar-refractivity contribution in [3.8, 4) is 0 Å². The molecule has 4 aliphatic carbocycles. The van der Waals surface area contributed by atoms with Gasteiger partial charge < -0.3 is 10.6 Å². The van der Waals surface area contributed by atoms with Crippen LogP contribution in [0.15, 0.2) is 0 Å². The molecule has 4 saturated carbocycles. The molecule has 2 heterocycles. The van der Waals surface area contributed by atoms with E-state index in [1.807, 2.05) is 4.90 Å². The van der Waals surface area contributed by atoms with Gasteiger partial charge in [0, 0.05) is 74.8 Å². The van der Waals surface area contributed by atoms with E-state index in [9.17, 15) is 19.2 Å². The zero-order chi connectivity index (χ0) is 39.4. The molecule has 0 bridgehead atoms. The monoisotopic (exact) mass is 751 g/mol. The molecule has 54 heavy (non-hydrogen) atoms. The number of hydrogen-bond acceptors (Lipinski definition) is 7. The molecule has 0 aromatic carbocycles. The van der Waals surface area contributed by atoms with Crippen LogP contribution in [-0.4, -0.2) is 95.2 Å². The molecule has 1 unspecified atom stereocenters. The summed E-state index contributed by atoms with van der Waals surface area (Å²) in [6.45, 7) is 19.9. The van der Waals surface area contributed by atoms with Gasteiger partial charge in [-0.1, -0.05) is 92.4 Å². The third-order valence-electron chi connectivity index (χ3n) is 16.8. The quantitative estimate of drug-likeness (QED) is 0.182. The summed E-state index contributed by atoms with van der Waals surface area (Å²) >= 11 is 0. The molecule has 0 aromatic rings. The Morgan fingerprint density at radius 2 is 1.46 bits per heavy atom. The third kappa shape index (κ3) is 7.64. The number of carbonyl (C=O) groups is 5. The summed E-state index contributed by atoms with van der Waals surface area (Å²) in [5.41, 5.74) is 5.08. The molecule has 6 fully saturated rings. The number of primary amides is 1. The zero-order valence-corrected chi connectivity index (χ0v) is 35.3. The van der Waals surface area contributed by atoms with E-state index in [2.05, 4.69) is 65.3 Å². The van der Waals surface area contributed by atoms with Gasteiger partial charge in [-0.25, -0.2) is 0 Å². The second-order valence-corrected chi connectivity index (χ2v) is 21.5. The first-order chi connectivity index (χ1) is 25.2. The van der Waals surface area contributed by atoms with Crippen LogP contribution in [0.1, 0.15) is 151 Å². The molecule has 9 heteroatoms. The number of hydrogen-bond donors (Lipinski definition) is 1. The number of nitrogens with two attached hydrogens (primary N) is 1. The van der Waals surface area contributed by atoms with Crippen LogP contribution in [0.5, 0.6) is 0 Å². The van der Waals surface area contributed by atoms with Crippen molar-refractivity contribution in [2.24, 2.45) is 57.0 Å². The Morgan fingerprint density at radius 1 is 0.796 bits per heavy atom. The van der Waals surface area contributed by atoms with Crippen molar-refractivity contribution in [2.75, 3.05) is 39.8 Å². The van der Waals surface area contributed by atoms with Crippen LogP contribution in [0.4, 0.5) is 0 Å². The van der Waals surface area contributed by atoms with Crippen LogP contribution >= 0.6 is 0 Å². The number of likely N-dealkylation sites (N-methyl/N-ethyl adjacent to an activating group) is 1. The molecule has 9 nitrogen and oxygen atoms in total. The first kappa shape index (κ1) is 41.5. The van der Waals surface area contributed by atoms with E-state index in [0.29, 0.717) is 37.6 Å². The predicted molar refractivity (Wildman–Crippen MR) is 212 cm³/mol. The van der Waals surface area contributed by atoms with E-state index in [1.165, 1.54) is 38.5 Å². The van der Waals surface area contributed by atoms with Crippen LogP contribution < -0.4 is 5.73 Å². The SMILES string of the molecule is CN1CCN(C[C@@H](CC(=O)C[C@H](C(=O)N2C[C@]3(C[C@H]2C(=O)CC(CC2CCC2)C(=O)C(N)=O)C(C)(C)C32CCC2)C(C)(C)C)C2CCCCC2)CC1(C)C. The fourth-order valence-corrected chi connectivity index (χ4v) is 12.5. The van der Waals surface area contributed by atoms with Crippen molar-refractivity contribution in [3.63, 3.8) is 0 Å². The second kappa shape index (κ2) is 15.3. The highest BCUT2D eigenvalue weighted by atomic mass is 16.2. The number of nitrogens with zero attached hydrogens (tertiary/aromatic N) is 3. The van der Waals surface area contributed by atoms with Gasteiger partial charge in [0.1, 0.15) is 5.78 Å². The number of carbonyl (C=O) groups excluding carboxylic acids is 5. The maximum Gasteiger partial charge on any atom is 0.285 e. The van der Waals surface area contributed by atoms with E-state index >= 15 is 4.79 Å². The number of Topliss-reactive ketones (excluding diaryl/α,β-unsaturated/α-hetero) is 3. The molecule has 2 spiro atoms. The highest BCUT2D eigenvalue weighted by molar-refractivity contribution is 6.36. The maximum absolute atomic E-state index is 15.1. The van der Waals surface area contributed by atoms with Gasteiger partial charge in [-0.2, -0.15) is 0 Å². The van der Waals surface area contributed by atoms with Gasteiger partial charge in [-0.15, -0.1) is 0 Å². The van der Waals surface area contributed by atoms with E-state index in [1.54, 1.807) is 0 Å². The zero-order valence-electron chi connectivity index (χ0n) is 35.3. The molecule has 304 valence electrons. The molecule has 6 rings (SSSR count). The van der Waals surface area contributed by atoms with E-state index < -0.39 is 35.0 Å². The summed E-state index contributed by atoms with van der Waals surface area (Å²) in [5, 5.41) is 0. The van der Waals surface area contributed by atoms with Gasteiger partial charge in [0.2, 0.25) is 11.7 Å². The van der Waals surface area contributed by atoms with Gasteiger partial charge in [0.25, 0.3) is 5.91 Å². The van der Waals surface area contributed by atoms with E-state index in [-0.39, 0.29) is 58.0 Å². The number of ketones is 3. The van der Waals surface area contributed by atoms with Crippen molar-refractivity contribution in [1.29, 1.82) is 0 Å². The Bertz CT molecular complexity index is 1450. The highest BCUT2D eigenvalue weighted by Gasteiger charge is 2.85. The molecular formula is C45H74N4O5. The van der Waals surface area contributed by atoms with Crippen LogP contribution in [-0.2, 0) is 24.0 Å². The van der Waals surface area contributed by atoms with E-state index in [4.69, 9.17) is 5.73 Å². The molecule has 6 aliphatic rings. The van der Waals surface area contributed by atoms with Gasteiger partial charge in [-0.05, 0) is 80.6 Å². The van der Waals surface area contributed by atoms with Crippen molar-refractivity contribution < 1.29 is 24.0 Å². The fourth-order valence-electron chi connectivity index (χ4n) is 12.5. The first-order valence-corrected chi connectivity index (χ1v) is 21.9. The molecule has 2 saturated heterocycles. The lowest BCUT2D eigenvalue weighted by atomic mass is 9.73. The lowest BCUT2D eigenvalue weighted by molar-refractivity contribution is -0.147. The summed E-state index contributed by atoms with van der Waals surface area (Å²) in [6.07, 6.45) is 14.3. The van der Waals surface area contributed by atoms with Crippen LogP contribution in [0.3, 0.4) is 0 Å². The maximum atomic E-state index is 15.1. The Balaban J connectivity index is 1.22. The van der Waals surface area contributed by atoms with Crippen molar-refractivity contribution in [3.05, 3.63) is 0 Å².